The van der Waals surface area contributed by atoms with E-state index < -0.39 is 48.7 Å². The highest BCUT2D eigenvalue weighted by Crippen LogP contribution is 2.48. The van der Waals surface area contributed by atoms with Gasteiger partial charge in [-0.15, -0.1) is 0 Å². The maximum Gasteiger partial charge on any atom is 0.413 e. The summed E-state index contributed by atoms with van der Waals surface area (Å²) in [5.41, 5.74) is -1.90. The summed E-state index contributed by atoms with van der Waals surface area (Å²) in [7, 11) is -3.04. The number of anilines is 1. The van der Waals surface area contributed by atoms with Gasteiger partial charge in [-0.1, -0.05) is 23.2 Å². The van der Waals surface area contributed by atoms with Crippen molar-refractivity contribution in [2.24, 2.45) is 9.36 Å². The number of fused-ring (bicyclic) bond motifs is 1. The number of rotatable bonds is 3. The van der Waals surface area contributed by atoms with Crippen molar-refractivity contribution in [3.05, 3.63) is 57.6 Å². The van der Waals surface area contributed by atoms with Gasteiger partial charge >= 0.3 is 6.09 Å². The summed E-state index contributed by atoms with van der Waals surface area (Å²) >= 11 is 12.0. The Balaban J connectivity index is 1.78. The van der Waals surface area contributed by atoms with Crippen molar-refractivity contribution in [3.8, 4) is 0 Å². The standard InChI is InChI=1S/C26H30Cl2FN5O4S/c1-24(2,3)38-23(36)33-22-25(4,5)39(37)19(9-10-31-39)26(6,34-22)16-12-15(7-8-18(16)29)32-21(35)20-17(28)11-14(27)13-30-20/h7-8,11-13,19H,9-10H2,1-6H3,(H,32,35)(H,33,34,36)/t19?,26-,39?/m1/s1. The normalized spacial score (nSPS) is 25.7. The molecule has 2 aromatic rings. The van der Waals surface area contributed by atoms with Gasteiger partial charge in [-0.3, -0.25) is 15.1 Å². The monoisotopic (exact) mass is 597 g/mol. The first kappa shape index (κ1) is 29.2. The van der Waals surface area contributed by atoms with Crippen LogP contribution in [0.3, 0.4) is 0 Å². The molecule has 2 aliphatic heterocycles. The highest BCUT2D eigenvalue weighted by atomic mass is 35.5. The molecule has 0 spiro atoms. The zero-order valence-electron chi connectivity index (χ0n) is 22.4. The molecule has 0 saturated carbocycles. The number of halogens is 3. The lowest BCUT2D eigenvalue weighted by Gasteiger charge is -2.45. The summed E-state index contributed by atoms with van der Waals surface area (Å²) < 4.78 is 38.7. The number of nitrogens with one attached hydrogen (secondary N) is 2. The van der Waals surface area contributed by atoms with Crippen LogP contribution in [0.2, 0.25) is 10.0 Å². The van der Waals surface area contributed by atoms with Gasteiger partial charge in [0.2, 0.25) is 0 Å². The number of alkyl carbamates (subject to hydrolysis) is 1. The van der Waals surface area contributed by atoms with E-state index in [1.54, 1.807) is 41.5 Å². The van der Waals surface area contributed by atoms with Gasteiger partial charge < -0.3 is 10.1 Å². The Morgan fingerprint density at radius 2 is 1.85 bits per heavy atom. The van der Waals surface area contributed by atoms with Crippen LogP contribution in [-0.4, -0.2) is 49.2 Å². The molecule has 39 heavy (non-hydrogen) atoms. The Bertz CT molecular complexity index is 1510. The molecule has 3 atom stereocenters. The summed E-state index contributed by atoms with van der Waals surface area (Å²) in [6.07, 6.45) is 0.921. The maximum atomic E-state index is 15.5. The van der Waals surface area contributed by atoms with E-state index in [9.17, 15) is 13.8 Å². The highest BCUT2D eigenvalue weighted by molar-refractivity contribution is 7.96. The van der Waals surface area contributed by atoms with Gasteiger partial charge in [0.1, 0.15) is 33.2 Å². The molecule has 2 unspecified atom stereocenters. The number of aliphatic imine (C=N–C) groups is 1. The number of amidine groups is 1. The number of carbonyl (C=O) groups is 2. The van der Waals surface area contributed by atoms with E-state index in [0.29, 0.717) is 13.0 Å². The second-order valence-electron chi connectivity index (χ2n) is 11.1. The summed E-state index contributed by atoms with van der Waals surface area (Å²) in [6.45, 7) is 10.5. The van der Waals surface area contributed by atoms with Gasteiger partial charge in [-0.25, -0.2) is 22.7 Å². The second kappa shape index (κ2) is 10.0. The van der Waals surface area contributed by atoms with E-state index in [1.807, 2.05) is 0 Å². The fourth-order valence-corrected chi connectivity index (χ4v) is 8.47. The van der Waals surface area contributed by atoms with Gasteiger partial charge in [0.15, 0.2) is 0 Å². The fourth-order valence-electron chi connectivity index (χ4n) is 4.82. The SMILES string of the molecule is CC(C)(C)OC(=O)NC1=N[C@](C)(c2cc(NC(=O)c3ncc(Cl)cc3Cl)ccc2F)C2CCN=S2(=O)C1(C)C. The Hall–Kier alpha value is -2.76. The van der Waals surface area contributed by atoms with Crippen LogP contribution in [0.5, 0.6) is 0 Å². The summed E-state index contributed by atoms with van der Waals surface area (Å²) in [6, 6.07) is 5.40. The molecule has 2 aliphatic rings. The summed E-state index contributed by atoms with van der Waals surface area (Å²) in [4.78, 5) is 34.4. The second-order valence-corrected chi connectivity index (χ2v) is 14.9. The first-order chi connectivity index (χ1) is 18.0. The summed E-state index contributed by atoms with van der Waals surface area (Å²) in [5, 5.41) is 4.99. The number of amides is 2. The molecule has 3 heterocycles. The van der Waals surface area contributed by atoms with Gasteiger partial charge in [0.25, 0.3) is 5.91 Å². The molecule has 1 aromatic heterocycles. The molecular weight excluding hydrogens is 568 g/mol. The van der Waals surface area contributed by atoms with E-state index in [-0.39, 0.29) is 32.8 Å². The van der Waals surface area contributed by atoms with Gasteiger partial charge in [-0.2, -0.15) is 0 Å². The van der Waals surface area contributed by atoms with Crippen LogP contribution in [0, 0.1) is 5.82 Å². The molecule has 0 bridgehead atoms. The number of ether oxygens (including phenoxy) is 1. The quantitative estimate of drug-likeness (QED) is 0.452. The lowest BCUT2D eigenvalue weighted by Crippen LogP contribution is -2.60. The van der Waals surface area contributed by atoms with Crippen LogP contribution >= 0.6 is 23.2 Å². The van der Waals surface area contributed by atoms with Crippen LogP contribution in [0.25, 0.3) is 0 Å². The van der Waals surface area contributed by atoms with E-state index in [4.69, 9.17) is 32.9 Å². The van der Waals surface area contributed by atoms with Crippen LogP contribution in [0.15, 0.2) is 39.8 Å². The van der Waals surface area contributed by atoms with Crippen molar-refractivity contribution in [3.63, 3.8) is 0 Å². The van der Waals surface area contributed by atoms with Crippen molar-refractivity contribution in [1.29, 1.82) is 0 Å². The number of aromatic nitrogens is 1. The van der Waals surface area contributed by atoms with E-state index in [2.05, 4.69) is 20.0 Å². The van der Waals surface area contributed by atoms with Gasteiger partial charge in [0.05, 0.1) is 25.0 Å². The molecule has 2 N–H and O–H groups in total. The topological polar surface area (TPSA) is 122 Å². The van der Waals surface area contributed by atoms with Crippen LogP contribution in [-0.2, 0) is 20.0 Å². The van der Waals surface area contributed by atoms with Crippen LogP contribution in [0.4, 0.5) is 14.9 Å². The Morgan fingerprint density at radius 3 is 2.49 bits per heavy atom. The Kier molecular flexibility index (Phi) is 7.50. The first-order valence-corrected chi connectivity index (χ1v) is 14.6. The van der Waals surface area contributed by atoms with Gasteiger partial charge in [-0.05, 0) is 72.2 Å². The van der Waals surface area contributed by atoms with Crippen molar-refractivity contribution >= 4 is 56.5 Å². The molecule has 0 saturated heterocycles. The average Bonchev–Trinajstić information content (AvgIpc) is 3.22. The Labute approximate surface area is 237 Å². The number of nitrogens with zero attached hydrogens (tertiary/aromatic N) is 3. The highest BCUT2D eigenvalue weighted by Gasteiger charge is 2.57. The average molecular weight is 599 g/mol. The molecule has 1 aromatic carbocycles. The minimum absolute atomic E-state index is 0.0542. The maximum absolute atomic E-state index is 15.5. The lowest BCUT2D eigenvalue weighted by molar-refractivity contribution is 0.0560. The predicted molar refractivity (Wildman–Crippen MR) is 151 cm³/mol. The molecule has 210 valence electrons. The van der Waals surface area contributed by atoms with Crippen molar-refractivity contribution in [2.75, 3.05) is 11.9 Å². The fraction of sp³-hybridized carbons (Fsp3) is 0.462. The molecule has 13 heteroatoms. The number of hydrogen-bond donors (Lipinski definition) is 2. The number of hydrogen-bond acceptors (Lipinski definition) is 7. The van der Waals surface area contributed by atoms with E-state index in [0.717, 1.165) is 0 Å². The smallest absolute Gasteiger partial charge is 0.413 e. The van der Waals surface area contributed by atoms with Crippen molar-refractivity contribution < 1.29 is 22.9 Å². The third-order valence-corrected chi connectivity index (χ3v) is 10.9. The lowest BCUT2D eigenvalue weighted by atomic mass is 9.85. The predicted octanol–water partition coefficient (Wildman–Crippen LogP) is 5.95. The van der Waals surface area contributed by atoms with Crippen molar-refractivity contribution in [2.45, 2.75) is 69.1 Å². The third-order valence-electron chi connectivity index (χ3n) is 6.74. The zero-order chi connectivity index (χ0) is 29.0. The third kappa shape index (κ3) is 5.36. The summed E-state index contributed by atoms with van der Waals surface area (Å²) in [5.74, 6) is -1.16. The molecule has 0 aliphatic carbocycles. The number of benzene rings is 1. The number of carbonyl (C=O) groups excluding carboxylic acids is 2. The van der Waals surface area contributed by atoms with Crippen LogP contribution < -0.4 is 10.6 Å². The van der Waals surface area contributed by atoms with E-state index >= 15 is 4.39 Å². The molecule has 4 rings (SSSR count). The minimum atomic E-state index is -3.04. The molecule has 0 radical (unpaired) electrons. The van der Waals surface area contributed by atoms with Gasteiger partial charge in [0, 0.05) is 24.0 Å². The van der Waals surface area contributed by atoms with Crippen molar-refractivity contribution in [1.82, 2.24) is 10.3 Å². The largest absolute Gasteiger partial charge is 0.444 e. The Morgan fingerprint density at radius 1 is 1.15 bits per heavy atom. The van der Waals surface area contributed by atoms with Crippen LogP contribution in [0.1, 0.15) is 64.0 Å². The molecule has 0 fully saturated rings. The molecule has 9 nitrogen and oxygen atoms in total. The first-order valence-electron chi connectivity index (χ1n) is 12.2. The minimum Gasteiger partial charge on any atom is -0.444 e. The number of pyridine rings is 1. The zero-order valence-corrected chi connectivity index (χ0v) is 24.7. The molecular formula is C26H30Cl2FN5O4S. The molecule has 2 amide bonds. The van der Waals surface area contributed by atoms with E-state index in [1.165, 1.54) is 30.5 Å².